The van der Waals surface area contributed by atoms with Gasteiger partial charge in [-0.3, -0.25) is 0 Å². The summed E-state index contributed by atoms with van der Waals surface area (Å²) >= 11 is 0. The molecule has 0 aliphatic carbocycles. The SMILES string of the molecule is CC(CC=O)(c1ccccc1)c1ccccc1. The lowest BCUT2D eigenvalue weighted by Gasteiger charge is -2.29. The molecule has 2 aromatic carbocycles. The Hall–Kier alpha value is -1.89. The molecule has 0 aromatic heterocycles. The van der Waals surface area contributed by atoms with Crippen molar-refractivity contribution in [1.82, 2.24) is 0 Å². The molecule has 17 heavy (non-hydrogen) atoms. The van der Waals surface area contributed by atoms with E-state index in [1.54, 1.807) is 0 Å². The topological polar surface area (TPSA) is 17.1 Å². The second-order valence-electron chi connectivity index (χ2n) is 4.43. The Morgan fingerprint density at radius 2 is 1.29 bits per heavy atom. The third-order valence-electron chi connectivity index (χ3n) is 3.31. The second-order valence-corrected chi connectivity index (χ2v) is 4.43. The molecule has 1 nitrogen and oxygen atoms in total. The van der Waals surface area contributed by atoms with E-state index >= 15 is 0 Å². The lowest BCUT2D eigenvalue weighted by Crippen LogP contribution is -2.24. The van der Waals surface area contributed by atoms with Gasteiger partial charge in [-0.2, -0.15) is 0 Å². The molecule has 0 fully saturated rings. The van der Waals surface area contributed by atoms with Crippen molar-refractivity contribution in [1.29, 1.82) is 0 Å². The molecule has 0 aliphatic heterocycles. The quantitative estimate of drug-likeness (QED) is 0.725. The van der Waals surface area contributed by atoms with Crippen LogP contribution in [0.1, 0.15) is 24.5 Å². The Kier molecular flexibility index (Phi) is 3.38. The smallest absolute Gasteiger partial charge is 0.121 e. The van der Waals surface area contributed by atoms with E-state index in [2.05, 4.69) is 31.2 Å². The average Bonchev–Trinajstić information content (AvgIpc) is 2.41. The zero-order chi connectivity index (χ0) is 12.1. The highest BCUT2D eigenvalue weighted by Crippen LogP contribution is 2.34. The van der Waals surface area contributed by atoms with Crippen molar-refractivity contribution < 1.29 is 4.79 Å². The molecule has 2 rings (SSSR count). The van der Waals surface area contributed by atoms with Crippen LogP contribution in [-0.2, 0) is 10.2 Å². The fourth-order valence-corrected chi connectivity index (χ4v) is 2.18. The summed E-state index contributed by atoms with van der Waals surface area (Å²) in [5.41, 5.74) is 2.13. The van der Waals surface area contributed by atoms with Crippen molar-refractivity contribution in [2.24, 2.45) is 0 Å². The normalized spacial score (nSPS) is 11.1. The highest BCUT2D eigenvalue weighted by molar-refractivity contribution is 5.56. The number of benzene rings is 2. The Morgan fingerprint density at radius 1 is 0.882 bits per heavy atom. The van der Waals surface area contributed by atoms with Gasteiger partial charge in [-0.1, -0.05) is 67.6 Å². The summed E-state index contributed by atoms with van der Waals surface area (Å²) in [5, 5.41) is 0. The van der Waals surface area contributed by atoms with E-state index in [0.29, 0.717) is 6.42 Å². The summed E-state index contributed by atoms with van der Waals surface area (Å²) in [6, 6.07) is 20.4. The monoisotopic (exact) mass is 224 g/mol. The van der Waals surface area contributed by atoms with Gasteiger partial charge in [0.25, 0.3) is 0 Å². The molecule has 0 radical (unpaired) electrons. The predicted molar refractivity (Wildman–Crippen MR) is 70.0 cm³/mol. The highest BCUT2D eigenvalue weighted by Gasteiger charge is 2.27. The summed E-state index contributed by atoms with van der Waals surface area (Å²) in [7, 11) is 0. The van der Waals surface area contributed by atoms with Gasteiger partial charge >= 0.3 is 0 Å². The minimum atomic E-state index is -0.232. The summed E-state index contributed by atoms with van der Waals surface area (Å²) in [6.45, 7) is 2.12. The van der Waals surface area contributed by atoms with Crippen LogP contribution in [0.3, 0.4) is 0 Å². The molecule has 0 saturated heterocycles. The Balaban J connectivity index is 2.50. The number of carbonyl (C=O) groups is 1. The van der Waals surface area contributed by atoms with E-state index < -0.39 is 0 Å². The number of aldehydes is 1. The molecule has 0 spiro atoms. The van der Waals surface area contributed by atoms with Gasteiger partial charge in [0.1, 0.15) is 6.29 Å². The fourth-order valence-electron chi connectivity index (χ4n) is 2.18. The molecular weight excluding hydrogens is 208 g/mol. The van der Waals surface area contributed by atoms with Crippen LogP contribution >= 0.6 is 0 Å². The maximum atomic E-state index is 11.0. The number of hydrogen-bond donors (Lipinski definition) is 0. The van der Waals surface area contributed by atoms with Gasteiger partial charge in [-0.25, -0.2) is 0 Å². The molecule has 0 bridgehead atoms. The van der Waals surface area contributed by atoms with Crippen molar-refractivity contribution in [2.75, 3.05) is 0 Å². The maximum absolute atomic E-state index is 11.0. The van der Waals surface area contributed by atoms with Crippen molar-refractivity contribution in [3.63, 3.8) is 0 Å². The molecule has 0 unspecified atom stereocenters. The zero-order valence-electron chi connectivity index (χ0n) is 9.97. The van der Waals surface area contributed by atoms with Crippen LogP contribution in [0.4, 0.5) is 0 Å². The molecule has 0 N–H and O–H groups in total. The molecule has 0 saturated carbocycles. The number of hydrogen-bond acceptors (Lipinski definition) is 1. The summed E-state index contributed by atoms with van der Waals surface area (Å²) in [5.74, 6) is 0. The maximum Gasteiger partial charge on any atom is 0.121 e. The van der Waals surface area contributed by atoms with Gasteiger partial charge in [0.05, 0.1) is 0 Å². The van der Waals surface area contributed by atoms with Crippen LogP contribution in [0.25, 0.3) is 0 Å². The number of rotatable bonds is 4. The fraction of sp³-hybridized carbons (Fsp3) is 0.188. The van der Waals surface area contributed by atoms with Gasteiger partial charge in [0.2, 0.25) is 0 Å². The van der Waals surface area contributed by atoms with E-state index in [4.69, 9.17) is 0 Å². The first-order valence-corrected chi connectivity index (χ1v) is 5.82. The molecule has 86 valence electrons. The third kappa shape index (κ3) is 2.28. The molecule has 0 aliphatic rings. The first-order valence-electron chi connectivity index (χ1n) is 5.82. The van der Waals surface area contributed by atoms with Crippen LogP contribution in [0.2, 0.25) is 0 Å². The minimum Gasteiger partial charge on any atom is -0.303 e. The van der Waals surface area contributed by atoms with Crippen molar-refractivity contribution in [2.45, 2.75) is 18.8 Å². The van der Waals surface area contributed by atoms with E-state index in [1.807, 2.05) is 36.4 Å². The van der Waals surface area contributed by atoms with E-state index in [-0.39, 0.29) is 5.41 Å². The lowest BCUT2D eigenvalue weighted by molar-refractivity contribution is -0.108. The molecule has 2 aromatic rings. The lowest BCUT2D eigenvalue weighted by atomic mass is 9.74. The summed E-state index contributed by atoms with van der Waals surface area (Å²) < 4.78 is 0. The van der Waals surface area contributed by atoms with Crippen LogP contribution < -0.4 is 0 Å². The van der Waals surface area contributed by atoms with Crippen LogP contribution in [-0.4, -0.2) is 6.29 Å². The van der Waals surface area contributed by atoms with Crippen LogP contribution in [0.5, 0.6) is 0 Å². The first-order chi connectivity index (χ1) is 8.27. The second kappa shape index (κ2) is 4.96. The Labute approximate surface area is 102 Å². The van der Waals surface area contributed by atoms with Gasteiger partial charge in [0, 0.05) is 11.8 Å². The number of carbonyl (C=O) groups excluding carboxylic acids is 1. The van der Waals surface area contributed by atoms with Crippen LogP contribution in [0.15, 0.2) is 60.7 Å². The Morgan fingerprint density at radius 3 is 1.65 bits per heavy atom. The molecular formula is C16H16O. The first kappa shape index (κ1) is 11.6. The average molecular weight is 224 g/mol. The van der Waals surface area contributed by atoms with E-state index in [9.17, 15) is 4.79 Å². The molecule has 0 heterocycles. The van der Waals surface area contributed by atoms with Gasteiger partial charge in [0.15, 0.2) is 0 Å². The van der Waals surface area contributed by atoms with E-state index in [1.165, 1.54) is 11.1 Å². The van der Waals surface area contributed by atoms with Gasteiger partial charge < -0.3 is 4.79 Å². The van der Waals surface area contributed by atoms with Crippen molar-refractivity contribution >= 4 is 6.29 Å². The Bertz CT molecular complexity index is 434. The summed E-state index contributed by atoms with van der Waals surface area (Å²) in [4.78, 5) is 11.0. The largest absolute Gasteiger partial charge is 0.303 e. The van der Waals surface area contributed by atoms with Gasteiger partial charge in [-0.05, 0) is 11.1 Å². The molecule has 0 atom stereocenters. The molecule has 1 heteroatoms. The minimum absolute atomic E-state index is 0.232. The van der Waals surface area contributed by atoms with Crippen LogP contribution in [0, 0.1) is 0 Å². The highest BCUT2D eigenvalue weighted by atomic mass is 16.1. The third-order valence-corrected chi connectivity index (χ3v) is 3.31. The van der Waals surface area contributed by atoms with Crippen molar-refractivity contribution in [3.8, 4) is 0 Å². The van der Waals surface area contributed by atoms with Gasteiger partial charge in [-0.15, -0.1) is 0 Å². The zero-order valence-corrected chi connectivity index (χ0v) is 9.97. The standard InChI is InChI=1S/C16H16O/c1-16(12-13-17,14-8-4-2-5-9-14)15-10-6-3-7-11-15/h2-11,13H,12H2,1H3. The van der Waals surface area contributed by atoms with Crippen molar-refractivity contribution in [3.05, 3.63) is 71.8 Å². The predicted octanol–water partition coefficient (Wildman–Crippen LogP) is 3.58. The van der Waals surface area contributed by atoms with E-state index in [0.717, 1.165) is 6.29 Å². The molecule has 0 amide bonds. The summed E-state index contributed by atoms with van der Waals surface area (Å²) in [6.07, 6.45) is 1.50.